The molecule has 0 saturated heterocycles. The minimum absolute atomic E-state index is 0.129. The van der Waals surface area contributed by atoms with Crippen LogP contribution in [0.3, 0.4) is 0 Å². The maximum absolute atomic E-state index is 4.48. The first-order valence-corrected chi connectivity index (χ1v) is 23.5. The summed E-state index contributed by atoms with van der Waals surface area (Å²) >= 11 is 3.52. The maximum Gasteiger partial charge on any atom is 0.0994 e. The van der Waals surface area contributed by atoms with Gasteiger partial charge in [-0.2, -0.15) is 0 Å². The Labute approximate surface area is 385 Å². The molecule has 6 nitrogen and oxygen atoms in total. The lowest BCUT2D eigenvalue weighted by molar-refractivity contribution is 0.567. The molecular formula is C55H68N6S2. The second-order valence-corrected chi connectivity index (χ2v) is 22.9. The average molecular weight is 877 g/mol. The van der Waals surface area contributed by atoms with Crippen LogP contribution >= 0.6 is 22.7 Å². The fraction of sp³-hybridized carbons (Fsp3) is 0.364. The Kier molecular flexibility index (Phi) is 15.5. The van der Waals surface area contributed by atoms with E-state index in [0.717, 1.165) is 17.1 Å². The Morgan fingerprint density at radius 3 is 1.44 bits per heavy atom. The highest BCUT2D eigenvalue weighted by Gasteiger charge is 2.18. The molecule has 0 atom stereocenters. The summed E-state index contributed by atoms with van der Waals surface area (Å²) in [6.07, 6.45) is 11.6. The lowest BCUT2D eigenvalue weighted by Crippen LogP contribution is -2.13. The Hall–Kier alpha value is -5.31. The molecule has 9 rings (SSSR count). The molecule has 1 aromatic carbocycles. The van der Waals surface area contributed by atoms with Crippen molar-refractivity contribution in [2.24, 2.45) is 0 Å². The van der Waals surface area contributed by atoms with Gasteiger partial charge in [0.05, 0.1) is 11.0 Å². The second kappa shape index (κ2) is 20.0. The van der Waals surface area contributed by atoms with Crippen molar-refractivity contribution in [3.05, 3.63) is 168 Å². The van der Waals surface area contributed by atoms with Crippen LogP contribution in [-0.2, 0) is 27.1 Å². The molecule has 0 spiro atoms. The topological polar surface area (TPSA) is 68.9 Å². The lowest BCUT2D eigenvalue weighted by atomic mass is 9.91. The van der Waals surface area contributed by atoms with E-state index in [2.05, 4.69) is 206 Å². The standard InChI is InChI=1S/C13H15N.C11H14N2.2C11H13NS.C9H13N/c1-13(2,3)12-8-10-6-4-5-7-11(10)9-14-12;1-11(2,3)10-7-9-5-4-6-13(9)8-12-10;1-11(2,3)10-6-9-8(7-12-10)4-5-13-9;1-11(2,3)10-6-8-4-5-13-9(8)7-12-10;1-9(2,3)8-6-4-5-7-10-8/h4-9H,1-3H3;4-8H,1-3H3;2*4-7H,1-3H3;4-7H,1-3H3. The average Bonchev–Trinajstić information content (AvgIpc) is 4.01. The molecule has 0 amide bonds. The first-order chi connectivity index (χ1) is 29.4. The molecule has 8 heteroatoms. The number of hydrogen-bond acceptors (Lipinski definition) is 7. The predicted octanol–water partition coefficient (Wildman–Crippen LogP) is 15.7. The maximum atomic E-state index is 4.48. The molecule has 0 aliphatic carbocycles. The Bertz CT molecular complexity index is 2610. The molecule has 0 aliphatic heterocycles. The quantitative estimate of drug-likeness (QED) is 0.152. The van der Waals surface area contributed by atoms with Gasteiger partial charge in [-0.25, -0.2) is 4.98 Å². The highest BCUT2D eigenvalue weighted by molar-refractivity contribution is 7.17. The van der Waals surface area contributed by atoms with Crippen LogP contribution in [0.2, 0.25) is 0 Å². The molecule has 0 fully saturated rings. The second-order valence-electron chi connectivity index (χ2n) is 21.1. The summed E-state index contributed by atoms with van der Waals surface area (Å²) in [6, 6.07) is 31.4. The zero-order chi connectivity index (χ0) is 46.2. The van der Waals surface area contributed by atoms with Crippen molar-refractivity contribution >= 4 is 59.1 Å². The molecule has 8 aromatic heterocycles. The van der Waals surface area contributed by atoms with Crippen molar-refractivity contribution in [2.75, 3.05) is 0 Å². The first-order valence-electron chi connectivity index (χ1n) is 21.8. The van der Waals surface area contributed by atoms with Crippen LogP contribution in [0.1, 0.15) is 132 Å². The molecule has 63 heavy (non-hydrogen) atoms. The van der Waals surface area contributed by atoms with E-state index in [-0.39, 0.29) is 27.1 Å². The molecule has 330 valence electrons. The SMILES string of the molecule is CC(C)(C)c1cc2ccccc2cn1.CC(C)(C)c1cc2cccn2cn1.CC(C)(C)c1cc2ccsc2cn1.CC(C)(C)c1cc2sccc2cn1.CC(C)(C)c1ccccn1. The molecule has 0 bridgehead atoms. The summed E-state index contributed by atoms with van der Waals surface area (Å²) in [5, 5.41) is 9.26. The van der Waals surface area contributed by atoms with Gasteiger partial charge in [-0.3, -0.25) is 19.9 Å². The van der Waals surface area contributed by atoms with Crippen molar-refractivity contribution in [3.8, 4) is 0 Å². The summed E-state index contributed by atoms with van der Waals surface area (Å²) in [5.74, 6) is 0. The number of hydrogen-bond donors (Lipinski definition) is 0. The molecule has 0 radical (unpaired) electrons. The van der Waals surface area contributed by atoms with Gasteiger partial charge in [0.2, 0.25) is 0 Å². The van der Waals surface area contributed by atoms with Crippen LogP contribution in [0.15, 0.2) is 139 Å². The van der Waals surface area contributed by atoms with Crippen LogP contribution in [-0.4, -0.2) is 29.3 Å². The van der Waals surface area contributed by atoms with Crippen LogP contribution in [0.25, 0.3) is 36.5 Å². The van der Waals surface area contributed by atoms with Gasteiger partial charge in [-0.1, -0.05) is 134 Å². The fourth-order valence-corrected chi connectivity index (χ4v) is 7.73. The van der Waals surface area contributed by atoms with Crippen molar-refractivity contribution in [2.45, 2.75) is 131 Å². The van der Waals surface area contributed by atoms with E-state index in [4.69, 9.17) is 0 Å². The highest BCUT2D eigenvalue weighted by atomic mass is 32.1. The monoisotopic (exact) mass is 876 g/mol. The van der Waals surface area contributed by atoms with E-state index >= 15 is 0 Å². The zero-order valence-electron chi connectivity index (χ0n) is 40.3. The van der Waals surface area contributed by atoms with Gasteiger partial charge in [0.25, 0.3) is 0 Å². The smallest absolute Gasteiger partial charge is 0.0994 e. The van der Waals surface area contributed by atoms with Crippen molar-refractivity contribution < 1.29 is 0 Å². The third-order valence-electron chi connectivity index (χ3n) is 10.2. The summed E-state index contributed by atoms with van der Waals surface area (Å²) in [7, 11) is 0. The normalized spacial score (nSPS) is 12.0. The van der Waals surface area contributed by atoms with Gasteiger partial charge >= 0.3 is 0 Å². The van der Waals surface area contributed by atoms with E-state index in [1.54, 1.807) is 22.7 Å². The van der Waals surface area contributed by atoms with Gasteiger partial charge < -0.3 is 4.40 Å². The molecule has 0 saturated carbocycles. The van der Waals surface area contributed by atoms with Crippen LogP contribution in [0, 0.1) is 0 Å². The fourth-order valence-electron chi connectivity index (χ4n) is 6.19. The third-order valence-corrected chi connectivity index (χ3v) is 12.0. The van der Waals surface area contributed by atoms with Gasteiger partial charge in [0.15, 0.2) is 0 Å². The number of nitrogens with zero attached hydrogens (tertiary/aromatic N) is 6. The summed E-state index contributed by atoms with van der Waals surface area (Å²) in [6.45, 7) is 32.7. The number of rotatable bonds is 0. The molecule has 0 unspecified atom stereocenters. The van der Waals surface area contributed by atoms with Crippen molar-refractivity contribution in [3.63, 3.8) is 0 Å². The van der Waals surface area contributed by atoms with E-state index < -0.39 is 0 Å². The van der Waals surface area contributed by atoms with Crippen molar-refractivity contribution in [1.82, 2.24) is 29.3 Å². The van der Waals surface area contributed by atoms with Crippen LogP contribution in [0.4, 0.5) is 0 Å². The van der Waals surface area contributed by atoms with Crippen LogP contribution in [0.5, 0.6) is 0 Å². The molecule has 0 aliphatic rings. The minimum Gasteiger partial charge on any atom is -0.308 e. The lowest BCUT2D eigenvalue weighted by Gasteiger charge is -2.17. The van der Waals surface area contributed by atoms with Crippen molar-refractivity contribution in [1.29, 1.82) is 0 Å². The zero-order valence-corrected chi connectivity index (χ0v) is 41.9. The summed E-state index contributed by atoms with van der Waals surface area (Å²) in [4.78, 5) is 22.1. The van der Waals surface area contributed by atoms with Gasteiger partial charge in [-0.15, -0.1) is 22.7 Å². The third kappa shape index (κ3) is 14.1. The van der Waals surface area contributed by atoms with Gasteiger partial charge in [-0.05, 0) is 82.2 Å². The van der Waals surface area contributed by atoms with E-state index in [1.165, 1.54) is 47.8 Å². The Morgan fingerprint density at radius 2 is 0.873 bits per heavy atom. The molecule has 8 heterocycles. The summed E-state index contributed by atoms with van der Waals surface area (Å²) < 4.78 is 4.63. The first kappa shape index (κ1) is 48.7. The number of benzene rings is 1. The number of fused-ring (bicyclic) bond motifs is 4. The largest absolute Gasteiger partial charge is 0.308 e. The molecule has 0 N–H and O–H groups in total. The van der Waals surface area contributed by atoms with Gasteiger partial charge in [0, 0.05) is 108 Å². The van der Waals surface area contributed by atoms with E-state index in [0.29, 0.717) is 0 Å². The molecule has 9 aromatic rings. The van der Waals surface area contributed by atoms with Crippen LogP contribution < -0.4 is 0 Å². The summed E-state index contributed by atoms with van der Waals surface area (Å²) in [5.41, 5.74) is 7.72. The number of aromatic nitrogens is 6. The number of pyridine rings is 4. The highest BCUT2D eigenvalue weighted by Crippen LogP contribution is 2.28. The van der Waals surface area contributed by atoms with E-state index in [9.17, 15) is 0 Å². The van der Waals surface area contributed by atoms with E-state index in [1.807, 2.05) is 66.0 Å². The minimum atomic E-state index is 0.129. The Balaban J connectivity index is 0.000000149. The van der Waals surface area contributed by atoms with Gasteiger partial charge in [0.1, 0.15) is 0 Å². The Morgan fingerprint density at radius 1 is 0.381 bits per heavy atom. The number of thiophene rings is 2. The predicted molar refractivity (Wildman–Crippen MR) is 274 cm³/mol. The molecular weight excluding hydrogens is 809 g/mol.